The van der Waals surface area contributed by atoms with Gasteiger partial charge in [0.05, 0.1) is 0 Å². The van der Waals surface area contributed by atoms with Gasteiger partial charge < -0.3 is 4.74 Å². The maximum Gasteiger partial charge on any atom is 0.460 e. The van der Waals surface area contributed by atoms with Crippen molar-refractivity contribution < 1.29 is 79.4 Å². The summed E-state index contributed by atoms with van der Waals surface area (Å²) in [5, 5.41) is 0. The van der Waals surface area contributed by atoms with E-state index < -0.39 is 60.0 Å². The van der Waals surface area contributed by atoms with E-state index in [0.29, 0.717) is 6.08 Å². The van der Waals surface area contributed by atoms with Gasteiger partial charge in [0.1, 0.15) is 6.61 Å². The molecule has 18 heteroatoms. The van der Waals surface area contributed by atoms with E-state index in [0.717, 1.165) is 0 Å². The number of alkyl halides is 17. The monoisotopic (exact) mass is 502 g/mol. The Morgan fingerprint density at radius 3 is 1.13 bits per heavy atom. The molecule has 0 saturated carbocycles. The predicted octanol–water partition coefficient (Wildman–Crippen LogP) is 6.71. The molecule has 0 spiro atoms. The summed E-state index contributed by atoms with van der Waals surface area (Å²) in [6.45, 7) is 3.44. The van der Waals surface area contributed by atoms with Crippen molar-refractivity contribution in [3.05, 3.63) is 25.0 Å². The third kappa shape index (κ3) is 3.78. The van der Waals surface area contributed by atoms with Crippen LogP contribution in [0.5, 0.6) is 0 Å². The van der Waals surface area contributed by atoms with Gasteiger partial charge in [-0.3, -0.25) is 0 Å². The van der Waals surface area contributed by atoms with Gasteiger partial charge in [0, 0.05) is 0 Å². The summed E-state index contributed by atoms with van der Waals surface area (Å²) < 4.78 is 224. The van der Waals surface area contributed by atoms with Gasteiger partial charge >= 0.3 is 47.6 Å². The number of ether oxygens (including phenoxy) is 1. The molecule has 0 bridgehead atoms. The lowest BCUT2D eigenvalue weighted by Gasteiger charge is -2.42. The molecule has 0 radical (unpaired) electrons. The quantitative estimate of drug-likeness (QED) is 0.183. The Morgan fingerprint density at radius 1 is 0.548 bits per heavy atom. The molecule has 0 aliphatic carbocycles. The molecular weight excluding hydrogens is 495 g/mol. The van der Waals surface area contributed by atoms with Crippen LogP contribution in [0.3, 0.4) is 0 Å². The highest BCUT2D eigenvalue weighted by atomic mass is 19.4. The van der Waals surface area contributed by atoms with Gasteiger partial charge in [-0.05, 0) is 0 Å². The maximum absolute atomic E-state index is 13.5. The molecule has 0 atom stereocenters. The minimum atomic E-state index is -8.66. The van der Waals surface area contributed by atoms with Gasteiger partial charge in [-0.15, -0.1) is 0 Å². The number of hydrogen-bond donors (Lipinski definition) is 0. The summed E-state index contributed by atoms with van der Waals surface area (Å²) in [5.41, 5.74) is 0. The van der Waals surface area contributed by atoms with Crippen molar-refractivity contribution in [3.8, 4) is 0 Å². The molecule has 0 rings (SSSR count). The fourth-order valence-electron chi connectivity index (χ4n) is 1.59. The van der Waals surface area contributed by atoms with Crippen molar-refractivity contribution >= 4 is 0 Å². The number of halogens is 17. The van der Waals surface area contributed by atoms with Gasteiger partial charge in [-0.1, -0.05) is 19.2 Å². The Hall–Kier alpha value is -1.91. The van der Waals surface area contributed by atoms with Gasteiger partial charge in [0.15, 0.2) is 5.76 Å². The van der Waals surface area contributed by atoms with Crippen LogP contribution < -0.4 is 0 Å². The van der Waals surface area contributed by atoms with E-state index in [4.69, 9.17) is 0 Å². The van der Waals surface area contributed by atoms with E-state index in [-0.39, 0.29) is 0 Å². The van der Waals surface area contributed by atoms with E-state index in [1.807, 2.05) is 6.58 Å². The third-order valence-electron chi connectivity index (χ3n) is 3.45. The molecule has 31 heavy (non-hydrogen) atoms. The van der Waals surface area contributed by atoms with E-state index in [2.05, 4.69) is 11.3 Å². The SMILES string of the molecule is C=CCOC(=C)C(F)(F)C(F)(F)C(F)(F)C(F)(F)C(F)(F)C(F)(F)C(F)(F)C(F)(F)F. The first-order valence-electron chi connectivity index (χ1n) is 6.88. The molecule has 0 aliphatic heterocycles. The van der Waals surface area contributed by atoms with Gasteiger partial charge in [-0.25, -0.2) is 0 Å². The predicted molar refractivity (Wildman–Crippen MR) is 66.0 cm³/mol. The van der Waals surface area contributed by atoms with Crippen LogP contribution in [0.15, 0.2) is 25.0 Å². The Labute approximate surface area is 160 Å². The van der Waals surface area contributed by atoms with Crippen molar-refractivity contribution in [2.45, 2.75) is 47.6 Å². The van der Waals surface area contributed by atoms with Crippen molar-refractivity contribution in [1.82, 2.24) is 0 Å². The molecule has 0 aliphatic rings. The minimum absolute atomic E-state index is 0.472. The second-order valence-electron chi connectivity index (χ2n) is 5.54. The lowest BCUT2D eigenvalue weighted by molar-refractivity contribution is -0.460. The Morgan fingerprint density at radius 2 is 0.839 bits per heavy atom. The number of allylic oxidation sites excluding steroid dienone is 1. The van der Waals surface area contributed by atoms with Crippen molar-refractivity contribution in [2.24, 2.45) is 0 Å². The van der Waals surface area contributed by atoms with Crippen LogP contribution in [0.4, 0.5) is 74.6 Å². The molecule has 0 aromatic carbocycles. The standard InChI is InChI=1S/C13H7F17O/c1-3-4-31-5(2)6(14,15)7(16,17)8(18,19)9(20,21)10(22,23)11(24,25)12(26,27)13(28,29)30/h3H,1-2,4H2. The topological polar surface area (TPSA) is 9.23 Å². The van der Waals surface area contributed by atoms with Crippen LogP contribution >= 0.6 is 0 Å². The third-order valence-corrected chi connectivity index (χ3v) is 3.45. The zero-order chi connectivity index (χ0) is 25.7. The molecule has 0 heterocycles. The summed E-state index contributed by atoms with van der Waals surface area (Å²) >= 11 is 0. The second kappa shape index (κ2) is 7.60. The highest BCUT2D eigenvalue weighted by Crippen LogP contribution is 2.64. The van der Waals surface area contributed by atoms with Crippen molar-refractivity contribution in [2.75, 3.05) is 6.61 Å². The first-order valence-corrected chi connectivity index (χ1v) is 6.88. The summed E-state index contributed by atoms with van der Waals surface area (Å²) in [6.07, 6.45) is -7.31. The molecule has 184 valence electrons. The first-order chi connectivity index (χ1) is 13.2. The number of hydrogen-bond acceptors (Lipinski definition) is 1. The molecule has 0 amide bonds. The summed E-state index contributed by atoms with van der Waals surface area (Å²) in [6, 6.07) is 0. The van der Waals surface area contributed by atoms with Crippen LogP contribution in [0, 0.1) is 0 Å². The van der Waals surface area contributed by atoms with Crippen molar-refractivity contribution in [1.29, 1.82) is 0 Å². The van der Waals surface area contributed by atoms with Gasteiger partial charge in [0.25, 0.3) is 0 Å². The lowest BCUT2D eigenvalue weighted by Crippen LogP contribution is -2.74. The van der Waals surface area contributed by atoms with E-state index in [1.54, 1.807) is 0 Å². The van der Waals surface area contributed by atoms with Crippen molar-refractivity contribution in [3.63, 3.8) is 0 Å². The maximum atomic E-state index is 13.5. The van der Waals surface area contributed by atoms with Gasteiger partial charge in [-0.2, -0.15) is 74.6 Å². The Balaban J connectivity index is 6.69. The summed E-state index contributed by atoms with van der Waals surface area (Å²) in [4.78, 5) is 0. The largest absolute Gasteiger partial charge is 0.488 e. The van der Waals surface area contributed by atoms with Crippen LogP contribution in [-0.4, -0.2) is 54.2 Å². The fraction of sp³-hybridized carbons (Fsp3) is 0.692. The zero-order valence-corrected chi connectivity index (χ0v) is 14.0. The molecule has 0 aromatic rings. The molecule has 0 saturated heterocycles. The van der Waals surface area contributed by atoms with E-state index >= 15 is 0 Å². The molecular formula is C13H7F17O. The fourth-order valence-corrected chi connectivity index (χ4v) is 1.59. The molecule has 0 N–H and O–H groups in total. The van der Waals surface area contributed by atoms with E-state index in [9.17, 15) is 74.6 Å². The van der Waals surface area contributed by atoms with Crippen LogP contribution in [0.1, 0.15) is 0 Å². The molecule has 0 fully saturated rings. The number of rotatable bonds is 10. The normalized spacial score (nSPS) is 15.6. The average molecular weight is 502 g/mol. The summed E-state index contributed by atoms with van der Waals surface area (Å²) in [7, 11) is 0. The second-order valence-corrected chi connectivity index (χ2v) is 5.54. The summed E-state index contributed by atoms with van der Waals surface area (Å²) in [5.74, 6) is -59.8. The van der Waals surface area contributed by atoms with E-state index in [1.165, 1.54) is 0 Å². The Bertz CT molecular complexity index is 687. The smallest absolute Gasteiger partial charge is 0.460 e. The molecule has 0 aromatic heterocycles. The van der Waals surface area contributed by atoms with Gasteiger partial charge in [0.2, 0.25) is 0 Å². The lowest BCUT2D eigenvalue weighted by atomic mass is 9.88. The first kappa shape index (κ1) is 29.1. The minimum Gasteiger partial charge on any atom is -0.488 e. The zero-order valence-electron chi connectivity index (χ0n) is 14.0. The van der Waals surface area contributed by atoms with Crippen LogP contribution in [-0.2, 0) is 4.74 Å². The highest BCUT2D eigenvalue weighted by Gasteiger charge is 2.95. The average Bonchev–Trinajstić information content (AvgIpc) is 2.57. The Kier molecular flexibility index (Phi) is 7.13. The molecule has 1 nitrogen and oxygen atoms in total. The van der Waals surface area contributed by atoms with Crippen LogP contribution in [0.25, 0.3) is 0 Å². The molecule has 0 unspecified atom stereocenters. The van der Waals surface area contributed by atoms with Crippen LogP contribution in [0.2, 0.25) is 0 Å². The highest BCUT2D eigenvalue weighted by molar-refractivity contribution is 5.19.